The van der Waals surface area contributed by atoms with E-state index in [1.165, 1.54) is 43.1 Å². The van der Waals surface area contributed by atoms with Gasteiger partial charge in [-0.25, -0.2) is 0 Å². The Hall–Kier alpha value is -3.49. The van der Waals surface area contributed by atoms with Crippen LogP contribution in [0.1, 0.15) is 42.4 Å². The lowest BCUT2D eigenvalue weighted by atomic mass is 10.1. The lowest BCUT2D eigenvalue weighted by molar-refractivity contribution is -0.138. The summed E-state index contributed by atoms with van der Waals surface area (Å²) in [6, 6.07) is 9.21. The van der Waals surface area contributed by atoms with Gasteiger partial charge in [-0.3, -0.25) is 14.5 Å². The predicted octanol–water partition coefficient (Wildman–Crippen LogP) is 6.29. The maximum atomic E-state index is 13.5. The van der Waals surface area contributed by atoms with E-state index in [4.69, 9.17) is 14.7 Å². The van der Waals surface area contributed by atoms with Crippen LogP contribution in [0.3, 0.4) is 0 Å². The SMILES string of the molecule is COc1cc(C=C2SC(=O)N(CCN3CCCCCC3)C2=O)ccc1Oc1ccc(C#N)cc1C(F)(F)F. The predicted molar refractivity (Wildman–Crippen MR) is 137 cm³/mol. The molecule has 2 fully saturated rings. The van der Waals surface area contributed by atoms with Crippen molar-refractivity contribution in [3.63, 3.8) is 0 Å². The molecule has 2 heterocycles. The number of imide groups is 1. The molecule has 0 N–H and O–H groups in total. The van der Waals surface area contributed by atoms with Crippen molar-refractivity contribution in [1.29, 1.82) is 5.26 Å². The minimum Gasteiger partial charge on any atom is -0.493 e. The number of carbonyl (C=O) groups is 2. The van der Waals surface area contributed by atoms with E-state index in [2.05, 4.69) is 4.90 Å². The molecule has 0 aromatic heterocycles. The Labute approximate surface area is 222 Å². The lowest BCUT2D eigenvalue weighted by Gasteiger charge is -2.22. The monoisotopic (exact) mass is 545 g/mol. The Bertz CT molecular complexity index is 1280. The first-order chi connectivity index (χ1) is 18.2. The summed E-state index contributed by atoms with van der Waals surface area (Å²) in [5.41, 5.74) is -0.716. The maximum absolute atomic E-state index is 13.5. The van der Waals surface area contributed by atoms with Crippen LogP contribution >= 0.6 is 11.8 Å². The summed E-state index contributed by atoms with van der Waals surface area (Å²) in [6.07, 6.45) is 1.45. The van der Waals surface area contributed by atoms with Crippen LogP contribution < -0.4 is 9.47 Å². The van der Waals surface area contributed by atoms with Gasteiger partial charge in [0.15, 0.2) is 11.5 Å². The number of amides is 2. The van der Waals surface area contributed by atoms with E-state index in [0.717, 1.165) is 49.8 Å². The Kier molecular flexibility index (Phi) is 8.64. The molecule has 2 aliphatic heterocycles. The zero-order chi connectivity index (χ0) is 27.3. The van der Waals surface area contributed by atoms with Crippen molar-refractivity contribution in [2.24, 2.45) is 0 Å². The molecular weight excluding hydrogens is 519 g/mol. The number of likely N-dealkylation sites (tertiary alicyclic amines) is 1. The van der Waals surface area contributed by atoms with E-state index in [-0.39, 0.29) is 33.1 Å². The molecule has 2 amide bonds. The molecule has 11 heteroatoms. The number of rotatable bonds is 7. The van der Waals surface area contributed by atoms with Crippen LogP contribution in [0.15, 0.2) is 41.3 Å². The first-order valence-corrected chi connectivity index (χ1v) is 13.0. The number of nitrogens with zero attached hydrogens (tertiary/aromatic N) is 3. The highest BCUT2D eigenvalue weighted by Gasteiger charge is 2.36. The summed E-state index contributed by atoms with van der Waals surface area (Å²) in [6.45, 7) is 2.89. The van der Waals surface area contributed by atoms with Crippen LogP contribution in [0.2, 0.25) is 0 Å². The second kappa shape index (κ2) is 11.9. The fraction of sp³-hybridized carbons (Fsp3) is 0.370. The quantitative estimate of drug-likeness (QED) is 0.378. The fourth-order valence-electron chi connectivity index (χ4n) is 4.33. The Morgan fingerprint density at radius 2 is 1.71 bits per heavy atom. The van der Waals surface area contributed by atoms with Crippen LogP contribution in [-0.2, 0) is 11.0 Å². The van der Waals surface area contributed by atoms with E-state index >= 15 is 0 Å². The molecule has 0 radical (unpaired) electrons. The zero-order valence-electron chi connectivity index (χ0n) is 20.7. The van der Waals surface area contributed by atoms with Gasteiger partial charge >= 0.3 is 6.18 Å². The average molecular weight is 546 g/mol. The third kappa shape index (κ3) is 6.49. The number of hydrogen-bond acceptors (Lipinski definition) is 7. The number of methoxy groups -OCH3 is 1. The summed E-state index contributed by atoms with van der Waals surface area (Å²) in [7, 11) is 1.34. The van der Waals surface area contributed by atoms with Gasteiger partial charge in [-0.2, -0.15) is 18.4 Å². The van der Waals surface area contributed by atoms with Gasteiger partial charge in [-0.15, -0.1) is 0 Å². The van der Waals surface area contributed by atoms with Gasteiger partial charge in [0.25, 0.3) is 11.1 Å². The largest absolute Gasteiger partial charge is 0.493 e. The second-order valence-electron chi connectivity index (χ2n) is 8.92. The number of alkyl halides is 3. The average Bonchev–Trinajstić information content (AvgIpc) is 3.05. The first kappa shape index (κ1) is 27.5. The van der Waals surface area contributed by atoms with Gasteiger partial charge in [0.05, 0.1) is 29.2 Å². The standard InChI is InChI=1S/C27H26F3N3O4S/c1-36-23-15-18(6-9-22(23)37-21-8-7-19(17-31)14-20(21)27(28,29)30)16-24-25(34)33(26(35)38-24)13-12-32-10-4-2-3-5-11-32/h6-9,14-16H,2-5,10-13H2,1H3. The molecule has 7 nitrogen and oxygen atoms in total. The number of hydrogen-bond donors (Lipinski definition) is 0. The van der Waals surface area contributed by atoms with Crippen LogP contribution in [0.25, 0.3) is 6.08 Å². The highest BCUT2D eigenvalue weighted by molar-refractivity contribution is 8.18. The van der Waals surface area contributed by atoms with Gasteiger partial charge in [-0.05, 0) is 79.7 Å². The molecule has 0 atom stereocenters. The summed E-state index contributed by atoms with van der Waals surface area (Å²) >= 11 is 0.852. The minimum absolute atomic E-state index is 0.0189. The van der Waals surface area contributed by atoms with Crippen molar-refractivity contribution in [1.82, 2.24) is 9.80 Å². The van der Waals surface area contributed by atoms with Gasteiger partial charge in [0.2, 0.25) is 0 Å². The molecule has 2 aromatic carbocycles. The highest BCUT2D eigenvalue weighted by Crippen LogP contribution is 2.41. The number of halogens is 3. The van der Waals surface area contributed by atoms with Crippen molar-refractivity contribution < 1.29 is 32.2 Å². The van der Waals surface area contributed by atoms with E-state index < -0.39 is 17.5 Å². The molecule has 0 saturated carbocycles. The fourth-order valence-corrected chi connectivity index (χ4v) is 5.20. The molecule has 0 unspecified atom stereocenters. The normalized spacial score (nSPS) is 18.0. The molecule has 200 valence electrons. The van der Waals surface area contributed by atoms with Crippen molar-refractivity contribution in [2.45, 2.75) is 31.9 Å². The maximum Gasteiger partial charge on any atom is 0.420 e. The highest BCUT2D eigenvalue weighted by atomic mass is 32.2. The molecule has 2 saturated heterocycles. The second-order valence-corrected chi connectivity index (χ2v) is 9.92. The molecule has 0 spiro atoms. The number of ether oxygens (including phenoxy) is 2. The smallest absolute Gasteiger partial charge is 0.420 e. The number of thioether (sulfide) groups is 1. The van der Waals surface area contributed by atoms with E-state index in [1.807, 2.05) is 0 Å². The van der Waals surface area contributed by atoms with Crippen molar-refractivity contribution in [3.05, 3.63) is 58.0 Å². The Balaban J connectivity index is 1.50. The van der Waals surface area contributed by atoms with E-state index in [1.54, 1.807) is 18.2 Å². The zero-order valence-corrected chi connectivity index (χ0v) is 21.5. The third-order valence-corrected chi connectivity index (χ3v) is 7.24. The molecule has 0 aliphatic carbocycles. The van der Waals surface area contributed by atoms with Crippen LogP contribution in [0, 0.1) is 11.3 Å². The number of carbonyl (C=O) groups excluding carboxylic acids is 2. The van der Waals surface area contributed by atoms with E-state index in [9.17, 15) is 22.8 Å². The van der Waals surface area contributed by atoms with E-state index in [0.29, 0.717) is 18.7 Å². The van der Waals surface area contributed by atoms with Gasteiger partial charge < -0.3 is 14.4 Å². The lowest BCUT2D eigenvalue weighted by Crippen LogP contribution is -2.37. The first-order valence-electron chi connectivity index (χ1n) is 12.1. The van der Waals surface area contributed by atoms with Crippen LogP contribution in [0.5, 0.6) is 17.2 Å². The Morgan fingerprint density at radius 1 is 1.00 bits per heavy atom. The molecular formula is C27H26F3N3O4S. The number of benzene rings is 2. The van der Waals surface area contributed by atoms with Gasteiger partial charge in [0, 0.05) is 13.1 Å². The van der Waals surface area contributed by atoms with Crippen LogP contribution in [-0.4, -0.2) is 54.2 Å². The van der Waals surface area contributed by atoms with Crippen molar-refractivity contribution in [2.75, 3.05) is 33.3 Å². The van der Waals surface area contributed by atoms with Crippen molar-refractivity contribution in [3.8, 4) is 23.3 Å². The van der Waals surface area contributed by atoms with Gasteiger partial charge in [0.1, 0.15) is 5.75 Å². The Morgan fingerprint density at radius 3 is 2.37 bits per heavy atom. The third-order valence-electron chi connectivity index (χ3n) is 6.33. The molecule has 2 aromatic rings. The van der Waals surface area contributed by atoms with Crippen LogP contribution in [0.4, 0.5) is 18.0 Å². The topological polar surface area (TPSA) is 82.9 Å². The molecule has 0 bridgehead atoms. The van der Waals surface area contributed by atoms with Gasteiger partial charge in [-0.1, -0.05) is 18.9 Å². The summed E-state index contributed by atoms with van der Waals surface area (Å²) < 4.78 is 51.4. The molecule has 38 heavy (non-hydrogen) atoms. The molecule has 4 rings (SSSR count). The van der Waals surface area contributed by atoms with Crippen molar-refractivity contribution >= 4 is 29.0 Å². The minimum atomic E-state index is -4.73. The summed E-state index contributed by atoms with van der Waals surface area (Å²) in [5.74, 6) is -0.698. The summed E-state index contributed by atoms with van der Waals surface area (Å²) in [4.78, 5) is 29.2. The number of nitriles is 1. The molecule has 2 aliphatic rings. The summed E-state index contributed by atoms with van der Waals surface area (Å²) in [5, 5.41) is 8.62.